The molecule has 1 aromatic rings. The molecular formula is C8H4Br2FN. The maximum absolute atomic E-state index is 13.2. The maximum Gasteiger partial charge on any atom is 0.244 e. The third-order valence-corrected chi connectivity index (χ3v) is 2.23. The molecule has 0 heterocycles. The molecule has 1 nitrogen and oxygen atoms in total. The molecule has 0 unspecified atom stereocenters. The average molecular weight is 293 g/mol. The summed E-state index contributed by atoms with van der Waals surface area (Å²) in [6.45, 7) is 0. The molecule has 1 rings (SSSR count). The fourth-order valence-corrected chi connectivity index (χ4v) is 1.26. The van der Waals surface area contributed by atoms with Crippen molar-refractivity contribution < 1.29 is 4.39 Å². The van der Waals surface area contributed by atoms with Gasteiger partial charge in [0.25, 0.3) is 0 Å². The van der Waals surface area contributed by atoms with E-state index in [1.54, 1.807) is 18.2 Å². The highest BCUT2D eigenvalue weighted by Crippen LogP contribution is 2.39. The van der Waals surface area contributed by atoms with Crippen LogP contribution in [-0.2, 0) is 3.49 Å². The lowest BCUT2D eigenvalue weighted by Gasteiger charge is -2.09. The molecule has 0 amide bonds. The van der Waals surface area contributed by atoms with Crippen LogP contribution < -0.4 is 0 Å². The molecule has 0 aromatic heterocycles. The van der Waals surface area contributed by atoms with Gasteiger partial charge in [-0.1, -0.05) is 12.1 Å². The van der Waals surface area contributed by atoms with Crippen molar-refractivity contribution in [2.75, 3.05) is 0 Å². The van der Waals surface area contributed by atoms with Crippen molar-refractivity contribution in [2.24, 2.45) is 0 Å². The zero-order valence-electron chi connectivity index (χ0n) is 5.89. The Labute approximate surface area is 86.5 Å². The predicted molar refractivity (Wildman–Crippen MR) is 51.8 cm³/mol. The fraction of sp³-hybridized carbons (Fsp3) is 0.125. The van der Waals surface area contributed by atoms with Gasteiger partial charge in [0.1, 0.15) is 0 Å². The van der Waals surface area contributed by atoms with Crippen LogP contribution in [0.2, 0.25) is 0 Å². The molecule has 0 saturated heterocycles. The van der Waals surface area contributed by atoms with Gasteiger partial charge in [0.05, 0.1) is 11.6 Å². The highest BCUT2D eigenvalue weighted by Gasteiger charge is 2.23. The van der Waals surface area contributed by atoms with Gasteiger partial charge in [0.15, 0.2) is 0 Å². The third kappa shape index (κ3) is 2.29. The smallest absolute Gasteiger partial charge is 0.213 e. The van der Waals surface area contributed by atoms with Crippen molar-refractivity contribution in [1.29, 1.82) is 5.26 Å². The highest BCUT2D eigenvalue weighted by atomic mass is 79.9. The number of benzene rings is 1. The van der Waals surface area contributed by atoms with Gasteiger partial charge < -0.3 is 0 Å². The van der Waals surface area contributed by atoms with Crippen molar-refractivity contribution in [3.8, 4) is 6.07 Å². The fourth-order valence-electron chi connectivity index (χ4n) is 0.765. The molecule has 0 aliphatic heterocycles. The highest BCUT2D eigenvalue weighted by molar-refractivity contribution is 9.24. The molecule has 0 spiro atoms. The zero-order valence-corrected chi connectivity index (χ0v) is 9.06. The normalized spacial score (nSPS) is 10.8. The average Bonchev–Trinajstić information content (AvgIpc) is 2.03. The summed E-state index contributed by atoms with van der Waals surface area (Å²) in [6, 6.07) is 8.24. The summed E-state index contributed by atoms with van der Waals surface area (Å²) in [5, 5.41) is 8.52. The zero-order chi connectivity index (χ0) is 9.19. The van der Waals surface area contributed by atoms with E-state index in [-0.39, 0.29) is 0 Å². The standard InChI is InChI=1S/C8H4Br2FN/c9-8(10,11)7-3-1-2-6(4-7)5-12/h1-4H. The second kappa shape index (κ2) is 3.55. The van der Waals surface area contributed by atoms with Crippen LogP contribution in [0.4, 0.5) is 4.39 Å². The van der Waals surface area contributed by atoms with Crippen molar-refractivity contribution in [1.82, 2.24) is 0 Å². The quantitative estimate of drug-likeness (QED) is 0.728. The van der Waals surface area contributed by atoms with Crippen molar-refractivity contribution >= 4 is 31.9 Å². The molecule has 12 heavy (non-hydrogen) atoms. The molecule has 0 bridgehead atoms. The summed E-state index contributed by atoms with van der Waals surface area (Å²) >= 11 is 5.58. The second-order valence-corrected chi connectivity index (χ2v) is 5.44. The van der Waals surface area contributed by atoms with Crippen molar-refractivity contribution in [2.45, 2.75) is 3.49 Å². The Morgan fingerprint density at radius 2 is 2.08 bits per heavy atom. The summed E-state index contributed by atoms with van der Waals surface area (Å²) in [4.78, 5) is 0. The summed E-state index contributed by atoms with van der Waals surface area (Å²) in [6.07, 6.45) is 0. The molecule has 0 aliphatic carbocycles. The van der Waals surface area contributed by atoms with Gasteiger partial charge in [-0.3, -0.25) is 0 Å². The second-order valence-electron chi connectivity index (χ2n) is 2.19. The molecule has 0 aliphatic rings. The van der Waals surface area contributed by atoms with Crippen LogP contribution in [0.1, 0.15) is 11.1 Å². The Morgan fingerprint density at radius 1 is 1.42 bits per heavy atom. The maximum atomic E-state index is 13.2. The van der Waals surface area contributed by atoms with Gasteiger partial charge in [0.2, 0.25) is 3.49 Å². The molecule has 1 aromatic carbocycles. The molecule has 0 atom stereocenters. The van der Waals surface area contributed by atoms with Crippen LogP contribution in [0.5, 0.6) is 0 Å². The van der Waals surface area contributed by atoms with Gasteiger partial charge in [0, 0.05) is 5.56 Å². The Hall–Kier alpha value is -0.400. The predicted octanol–water partition coefficient (Wildman–Crippen LogP) is 3.43. The van der Waals surface area contributed by atoms with Crippen LogP contribution in [0.15, 0.2) is 24.3 Å². The van der Waals surface area contributed by atoms with Crippen LogP contribution >= 0.6 is 31.9 Å². The van der Waals surface area contributed by atoms with Crippen molar-refractivity contribution in [3.63, 3.8) is 0 Å². The van der Waals surface area contributed by atoms with E-state index < -0.39 is 3.49 Å². The first-order valence-corrected chi connectivity index (χ1v) is 4.70. The first-order valence-electron chi connectivity index (χ1n) is 3.11. The summed E-state index contributed by atoms with van der Waals surface area (Å²) in [5.41, 5.74) is 0.815. The summed E-state index contributed by atoms with van der Waals surface area (Å²) in [5.74, 6) is 0. The van der Waals surface area contributed by atoms with Gasteiger partial charge in [-0.05, 0) is 44.0 Å². The van der Waals surface area contributed by atoms with Gasteiger partial charge >= 0.3 is 0 Å². The lowest BCUT2D eigenvalue weighted by Crippen LogP contribution is -1.99. The number of hydrogen-bond donors (Lipinski definition) is 0. The van der Waals surface area contributed by atoms with Crippen molar-refractivity contribution in [3.05, 3.63) is 35.4 Å². The Morgan fingerprint density at radius 3 is 2.58 bits per heavy atom. The van der Waals surface area contributed by atoms with Gasteiger partial charge in [-0.15, -0.1) is 0 Å². The van der Waals surface area contributed by atoms with Crippen LogP contribution in [0.25, 0.3) is 0 Å². The van der Waals surface area contributed by atoms with Crippen LogP contribution in [0, 0.1) is 11.3 Å². The molecule has 0 fully saturated rings. The first kappa shape index (κ1) is 9.69. The Kier molecular flexibility index (Phi) is 2.86. The number of alkyl halides is 3. The van der Waals surface area contributed by atoms with Crippen LogP contribution in [-0.4, -0.2) is 0 Å². The first-order chi connectivity index (χ1) is 5.54. The van der Waals surface area contributed by atoms with E-state index >= 15 is 0 Å². The number of nitrogens with zero attached hydrogens (tertiary/aromatic N) is 1. The topological polar surface area (TPSA) is 23.8 Å². The Balaban J connectivity index is 3.13. The monoisotopic (exact) mass is 291 g/mol. The number of hydrogen-bond acceptors (Lipinski definition) is 1. The van der Waals surface area contributed by atoms with E-state index in [1.165, 1.54) is 6.07 Å². The van der Waals surface area contributed by atoms with E-state index in [4.69, 9.17) is 5.26 Å². The molecule has 0 saturated carbocycles. The largest absolute Gasteiger partial charge is 0.244 e. The number of nitriles is 1. The number of rotatable bonds is 1. The molecular weight excluding hydrogens is 289 g/mol. The minimum Gasteiger partial charge on any atom is -0.213 e. The summed E-state index contributed by atoms with van der Waals surface area (Å²) in [7, 11) is 0. The van der Waals surface area contributed by atoms with E-state index in [9.17, 15) is 4.39 Å². The molecule has 62 valence electrons. The Bertz CT molecular complexity index is 325. The van der Waals surface area contributed by atoms with Crippen LogP contribution in [0.3, 0.4) is 0 Å². The summed E-state index contributed by atoms with van der Waals surface area (Å²) < 4.78 is 11.4. The van der Waals surface area contributed by atoms with Gasteiger partial charge in [-0.2, -0.15) is 5.26 Å². The lowest BCUT2D eigenvalue weighted by atomic mass is 10.1. The van der Waals surface area contributed by atoms with Gasteiger partial charge in [-0.25, -0.2) is 4.39 Å². The number of halogens is 3. The molecule has 0 N–H and O–H groups in total. The van der Waals surface area contributed by atoms with E-state index in [0.717, 1.165) is 0 Å². The van der Waals surface area contributed by atoms with E-state index in [0.29, 0.717) is 11.1 Å². The van der Waals surface area contributed by atoms with E-state index in [2.05, 4.69) is 31.9 Å². The minimum atomic E-state index is -1.74. The SMILES string of the molecule is N#Cc1cccc(C(F)(Br)Br)c1. The molecule has 4 heteroatoms. The third-order valence-electron chi connectivity index (χ3n) is 1.32. The minimum absolute atomic E-state index is 0.376. The lowest BCUT2D eigenvalue weighted by molar-refractivity contribution is 0.444. The van der Waals surface area contributed by atoms with E-state index in [1.807, 2.05) is 6.07 Å². The molecule has 0 radical (unpaired) electrons.